The van der Waals surface area contributed by atoms with Gasteiger partial charge in [0.25, 0.3) is 0 Å². The van der Waals surface area contributed by atoms with Crippen LogP contribution in [-0.2, 0) is 25.7 Å². The molecule has 0 saturated heterocycles. The maximum atomic E-state index is 13.8. The van der Waals surface area contributed by atoms with Crippen LogP contribution >= 0.6 is 0 Å². The molecule has 6 rings (SSSR count). The van der Waals surface area contributed by atoms with Crippen LogP contribution in [0.2, 0.25) is 0 Å². The van der Waals surface area contributed by atoms with Crippen LogP contribution in [0.25, 0.3) is 11.4 Å². The number of benzene rings is 1. The minimum atomic E-state index is -4.92. The lowest BCUT2D eigenvalue weighted by Gasteiger charge is -2.29. The smallest absolute Gasteiger partial charge is 0.434 e. The number of alkyl halides is 3. The second kappa shape index (κ2) is 12.2. The average Bonchev–Trinajstić information content (AvgIpc) is 3.48. The van der Waals surface area contributed by atoms with E-state index in [2.05, 4.69) is 39.0 Å². The highest BCUT2D eigenvalue weighted by Crippen LogP contribution is 2.37. The molecule has 2 aliphatic rings. The zero-order chi connectivity index (χ0) is 30.8. The molecule has 0 saturated carbocycles. The van der Waals surface area contributed by atoms with E-state index in [4.69, 9.17) is 4.74 Å². The fourth-order valence-corrected chi connectivity index (χ4v) is 6.09. The summed E-state index contributed by atoms with van der Waals surface area (Å²) in [6.07, 6.45) is 1.11. The van der Waals surface area contributed by atoms with Crippen molar-refractivity contribution in [2.75, 3.05) is 13.2 Å². The number of pyridine rings is 2. The Kier molecular flexibility index (Phi) is 8.22. The molecule has 3 aromatic heterocycles. The molecule has 0 fully saturated rings. The number of carboxylic acids is 1. The van der Waals surface area contributed by atoms with Gasteiger partial charge in [-0.25, -0.2) is 14.5 Å². The van der Waals surface area contributed by atoms with Crippen LogP contribution in [0.1, 0.15) is 64.8 Å². The number of rotatable bonds is 8. The van der Waals surface area contributed by atoms with Gasteiger partial charge in [-0.1, -0.05) is 25.1 Å². The third-order valence-corrected chi connectivity index (χ3v) is 8.35. The standard InChI is InChI=1S/C33H32F3N5O3/c1-21-6-4-8-26(29-9-5-10-30(39-29)41-31(33(34,35)36)27(17-38-41)32(42)43)28(21)20-44-25-12-11-23-18-40(15-13-22(23)16-25)19-24-7-2-3-14-37-24/h2-3,5,7,9-12,14,16-17,21H,4,6,8,13,15,18-20H2,1H3,(H,42,43). The van der Waals surface area contributed by atoms with Gasteiger partial charge in [0.2, 0.25) is 0 Å². The van der Waals surface area contributed by atoms with Crippen LogP contribution in [0, 0.1) is 5.92 Å². The summed E-state index contributed by atoms with van der Waals surface area (Å²) in [6.45, 7) is 5.05. The highest BCUT2D eigenvalue weighted by Gasteiger charge is 2.41. The zero-order valence-corrected chi connectivity index (χ0v) is 24.2. The Balaban J connectivity index is 1.22. The average molecular weight is 604 g/mol. The van der Waals surface area contributed by atoms with Gasteiger partial charge in [-0.15, -0.1) is 0 Å². The molecule has 4 aromatic rings. The number of carbonyl (C=O) groups is 1. The summed E-state index contributed by atoms with van der Waals surface area (Å²) in [7, 11) is 0. The number of hydrogen-bond donors (Lipinski definition) is 1. The van der Waals surface area contributed by atoms with Crippen molar-refractivity contribution in [2.45, 2.75) is 51.9 Å². The Bertz CT molecular complexity index is 1700. The van der Waals surface area contributed by atoms with Crippen LogP contribution in [0.3, 0.4) is 0 Å². The van der Waals surface area contributed by atoms with Gasteiger partial charge in [0.1, 0.15) is 17.9 Å². The number of aromatic carboxylic acids is 1. The van der Waals surface area contributed by atoms with E-state index in [1.54, 1.807) is 12.1 Å². The predicted molar refractivity (Wildman–Crippen MR) is 157 cm³/mol. The molecular weight excluding hydrogens is 571 g/mol. The molecule has 0 spiro atoms. The molecule has 1 aliphatic heterocycles. The lowest BCUT2D eigenvalue weighted by Crippen LogP contribution is -2.30. The van der Waals surface area contributed by atoms with Crippen molar-refractivity contribution in [3.05, 3.63) is 106 Å². The largest absolute Gasteiger partial charge is 0.489 e. The van der Waals surface area contributed by atoms with Gasteiger partial charge in [-0.05, 0) is 90.3 Å². The van der Waals surface area contributed by atoms with E-state index in [0.29, 0.717) is 29.6 Å². The minimum Gasteiger partial charge on any atom is -0.489 e. The van der Waals surface area contributed by atoms with Crippen LogP contribution in [0.15, 0.2) is 72.6 Å². The topological polar surface area (TPSA) is 93.4 Å². The molecule has 0 amide bonds. The van der Waals surface area contributed by atoms with Crippen LogP contribution in [0.5, 0.6) is 5.75 Å². The minimum absolute atomic E-state index is 0.0971. The first-order valence-electron chi connectivity index (χ1n) is 14.6. The highest BCUT2D eigenvalue weighted by molar-refractivity contribution is 5.89. The lowest BCUT2D eigenvalue weighted by molar-refractivity contribution is -0.143. The quantitative estimate of drug-likeness (QED) is 0.243. The number of nitrogens with zero attached hydrogens (tertiary/aromatic N) is 5. The molecule has 11 heteroatoms. The van der Waals surface area contributed by atoms with Crippen molar-refractivity contribution in [1.82, 2.24) is 24.6 Å². The van der Waals surface area contributed by atoms with Gasteiger partial charge >= 0.3 is 12.1 Å². The first-order chi connectivity index (χ1) is 21.2. The summed E-state index contributed by atoms with van der Waals surface area (Å²) in [6, 6.07) is 17.0. The molecule has 1 aliphatic carbocycles. The molecule has 1 N–H and O–H groups in total. The van der Waals surface area contributed by atoms with Crippen LogP contribution in [0.4, 0.5) is 13.2 Å². The monoisotopic (exact) mass is 603 g/mol. The van der Waals surface area contributed by atoms with Crippen LogP contribution < -0.4 is 4.74 Å². The molecule has 0 bridgehead atoms. The Morgan fingerprint density at radius 1 is 1.09 bits per heavy atom. The van der Waals surface area contributed by atoms with Crippen molar-refractivity contribution in [2.24, 2.45) is 5.92 Å². The second-order valence-electron chi connectivity index (χ2n) is 11.3. The van der Waals surface area contributed by atoms with E-state index in [9.17, 15) is 23.1 Å². The number of aromatic nitrogens is 4. The van der Waals surface area contributed by atoms with Gasteiger partial charge in [-0.3, -0.25) is 9.88 Å². The van der Waals surface area contributed by atoms with Crippen LogP contribution in [-0.4, -0.2) is 48.9 Å². The van der Waals surface area contributed by atoms with E-state index >= 15 is 0 Å². The number of ether oxygens (including phenoxy) is 1. The van der Waals surface area contributed by atoms with Gasteiger partial charge in [-0.2, -0.15) is 18.3 Å². The van der Waals surface area contributed by atoms with Crippen molar-refractivity contribution in [3.63, 3.8) is 0 Å². The number of hydrogen-bond acceptors (Lipinski definition) is 6. The Hall–Kier alpha value is -4.51. The maximum Gasteiger partial charge on any atom is 0.434 e. The molecule has 1 aromatic carbocycles. The van der Waals surface area contributed by atoms with E-state index in [0.717, 1.165) is 61.5 Å². The molecule has 1 unspecified atom stereocenters. The fraction of sp³-hybridized carbons (Fsp3) is 0.333. The maximum absolute atomic E-state index is 13.8. The third-order valence-electron chi connectivity index (χ3n) is 8.35. The number of allylic oxidation sites excluding steroid dienone is 1. The lowest BCUT2D eigenvalue weighted by atomic mass is 9.82. The van der Waals surface area contributed by atoms with Gasteiger partial charge in [0.05, 0.1) is 17.6 Å². The van der Waals surface area contributed by atoms with Crippen molar-refractivity contribution >= 4 is 11.5 Å². The molecule has 228 valence electrons. The Labute approximate surface area is 252 Å². The molecular formula is C33H32F3N5O3. The first-order valence-corrected chi connectivity index (χ1v) is 14.6. The number of fused-ring (bicyclic) bond motifs is 1. The van der Waals surface area contributed by atoms with Gasteiger partial charge in [0.15, 0.2) is 11.5 Å². The first kappa shape index (κ1) is 29.6. The summed E-state index contributed by atoms with van der Waals surface area (Å²) >= 11 is 0. The summed E-state index contributed by atoms with van der Waals surface area (Å²) in [5, 5.41) is 13.0. The third kappa shape index (κ3) is 6.23. The van der Waals surface area contributed by atoms with E-state index in [-0.39, 0.29) is 11.7 Å². The van der Waals surface area contributed by atoms with E-state index in [1.165, 1.54) is 17.2 Å². The van der Waals surface area contributed by atoms with Crippen molar-refractivity contribution < 1.29 is 27.8 Å². The Morgan fingerprint density at radius 3 is 2.73 bits per heavy atom. The molecule has 1 atom stereocenters. The molecule has 8 nitrogen and oxygen atoms in total. The molecule has 0 radical (unpaired) electrons. The summed E-state index contributed by atoms with van der Waals surface area (Å²) < 4.78 is 48.4. The summed E-state index contributed by atoms with van der Waals surface area (Å²) in [4.78, 5) is 22.8. The van der Waals surface area contributed by atoms with E-state index in [1.807, 2.05) is 30.5 Å². The molecule has 44 heavy (non-hydrogen) atoms. The summed E-state index contributed by atoms with van der Waals surface area (Å²) in [5.74, 6) is -0.816. The fourth-order valence-electron chi connectivity index (χ4n) is 6.09. The normalized spacial score (nSPS) is 17.4. The summed E-state index contributed by atoms with van der Waals surface area (Å²) in [5.41, 5.74) is 3.83. The van der Waals surface area contributed by atoms with E-state index < -0.39 is 23.4 Å². The number of carboxylic acid groups (broad SMARTS) is 1. The Morgan fingerprint density at radius 2 is 1.95 bits per heavy atom. The number of halogens is 3. The van der Waals surface area contributed by atoms with Crippen molar-refractivity contribution in [1.29, 1.82) is 0 Å². The van der Waals surface area contributed by atoms with Gasteiger partial charge in [0, 0.05) is 25.8 Å². The highest BCUT2D eigenvalue weighted by atomic mass is 19.4. The van der Waals surface area contributed by atoms with Crippen molar-refractivity contribution in [3.8, 4) is 11.6 Å². The molecule has 4 heterocycles. The zero-order valence-electron chi connectivity index (χ0n) is 24.2. The SMILES string of the molecule is CC1CCCC(c2cccc(-n3ncc(C(=O)O)c3C(F)(F)F)n2)=C1COc1ccc2c(c1)CCN(Cc1ccccn1)C2. The van der Waals surface area contributed by atoms with Gasteiger partial charge < -0.3 is 9.84 Å². The predicted octanol–water partition coefficient (Wildman–Crippen LogP) is 6.59. The second-order valence-corrected chi connectivity index (χ2v) is 11.3.